The molecule has 1 unspecified atom stereocenters. The molecule has 120 valence electrons. The van der Waals surface area contributed by atoms with Gasteiger partial charge in [-0.2, -0.15) is 0 Å². The number of nitrogens with two attached hydrogens (primary N) is 1. The number of hydrogen-bond acceptors (Lipinski definition) is 3. The Balaban J connectivity index is 0.00000180. The van der Waals surface area contributed by atoms with E-state index in [2.05, 4.69) is 4.90 Å². The zero-order valence-corrected chi connectivity index (χ0v) is 14.3. The van der Waals surface area contributed by atoms with Gasteiger partial charge in [0.1, 0.15) is 0 Å². The van der Waals surface area contributed by atoms with Gasteiger partial charge in [-0.1, -0.05) is 6.42 Å². The van der Waals surface area contributed by atoms with Gasteiger partial charge in [-0.15, -0.1) is 24.8 Å². The fourth-order valence-electron chi connectivity index (χ4n) is 3.08. The maximum atomic E-state index is 12.1. The van der Waals surface area contributed by atoms with Gasteiger partial charge >= 0.3 is 0 Å². The highest BCUT2D eigenvalue weighted by Crippen LogP contribution is 2.21. The minimum Gasteiger partial charge on any atom is -0.341 e. The van der Waals surface area contributed by atoms with E-state index in [1.165, 1.54) is 32.4 Å². The van der Waals surface area contributed by atoms with E-state index >= 15 is 0 Å². The maximum absolute atomic E-state index is 12.1. The molecule has 0 aliphatic carbocycles. The van der Waals surface area contributed by atoms with Crippen molar-refractivity contribution in [3.63, 3.8) is 0 Å². The summed E-state index contributed by atoms with van der Waals surface area (Å²) in [5.41, 5.74) is 5.16. The van der Waals surface area contributed by atoms with E-state index in [-0.39, 0.29) is 30.7 Å². The Bertz CT molecular complexity index is 301. The number of halogens is 2. The minimum atomic E-state index is -0.722. The molecule has 0 aromatic rings. The van der Waals surface area contributed by atoms with Crippen molar-refractivity contribution in [2.45, 2.75) is 45.1 Å². The zero-order valence-electron chi connectivity index (χ0n) is 12.6. The maximum Gasteiger partial charge on any atom is 0.242 e. The van der Waals surface area contributed by atoms with Crippen LogP contribution in [0.15, 0.2) is 0 Å². The van der Waals surface area contributed by atoms with Crippen molar-refractivity contribution in [1.29, 1.82) is 0 Å². The van der Waals surface area contributed by atoms with Gasteiger partial charge in [-0.3, -0.25) is 4.79 Å². The molecule has 1 atom stereocenters. The molecule has 0 spiro atoms. The third-order valence-corrected chi connectivity index (χ3v) is 4.09. The van der Waals surface area contributed by atoms with Crippen molar-refractivity contribution in [2.24, 2.45) is 11.7 Å². The van der Waals surface area contributed by atoms with Crippen LogP contribution in [-0.2, 0) is 4.79 Å². The SMILES string of the molecule is CC(C)(N)C(=O)N1CCC(CN2CCCCC2)C1.Cl.Cl. The fraction of sp³-hybridized carbons (Fsp3) is 0.929. The second-order valence-corrected chi connectivity index (χ2v) is 6.49. The van der Waals surface area contributed by atoms with Crippen LogP contribution < -0.4 is 5.73 Å². The summed E-state index contributed by atoms with van der Waals surface area (Å²) in [7, 11) is 0. The van der Waals surface area contributed by atoms with Gasteiger partial charge in [0.2, 0.25) is 5.91 Å². The smallest absolute Gasteiger partial charge is 0.242 e. The van der Waals surface area contributed by atoms with Crippen LogP contribution in [0.25, 0.3) is 0 Å². The molecule has 1 amide bonds. The lowest BCUT2D eigenvalue weighted by atomic mass is 10.0. The average Bonchev–Trinajstić information content (AvgIpc) is 2.76. The zero-order chi connectivity index (χ0) is 13.2. The average molecular weight is 326 g/mol. The third-order valence-electron chi connectivity index (χ3n) is 4.09. The summed E-state index contributed by atoms with van der Waals surface area (Å²) in [6.45, 7) is 9.03. The molecule has 6 heteroatoms. The quantitative estimate of drug-likeness (QED) is 0.862. The monoisotopic (exact) mass is 325 g/mol. The van der Waals surface area contributed by atoms with Crippen LogP contribution in [0, 0.1) is 5.92 Å². The molecule has 4 nitrogen and oxygen atoms in total. The summed E-state index contributed by atoms with van der Waals surface area (Å²) >= 11 is 0. The van der Waals surface area contributed by atoms with Crippen LogP contribution >= 0.6 is 24.8 Å². The van der Waals surface area contributed by atoms with Gasteiger partial charge in [-0.25, -0.2) is 0 Å². The molecule has 0 radical (unpaired) electrons. The van der Waals surface area contributed by atoms with Crippen molar-refractivity contribution in [2.75, 3.05) is 32.7 Å². The fourth-order valence-corrected chi connectivity index (χ4v) is 3.08. The van der Waals surface area contributed by atoms with Gasteiger partial charge in [0.25, 0.3) is 0 Å². The Hall–Kier alpha value is -0.0300. The highest BCUT2D eigenvalue weighted by Gasteiger charge is 2.33. The molecular formula is C14H29Cl2N3O. The van der Waals surface area contributed by atoms with E-state index in [1.807, 2.05) is 4.90 Å². The second-order valence-electron chi connectivity index (χ2n) is 6.49. The lowest BCUT2D eigenvalue weighted by molar-refractivity contribution is -0.134. The molecule has 2 heterocycles. The van der Waals surface area contributed by atoms with Crippen LogP contribution in [0.5, 0.6) is 0 Å². The molecule has 2 N–H and O–H groups in total. The molecular weight excluding hydrogens is 297 g/mol. The van der Waals surface area contributed by atoms with Crippen LogP contribution in [0.4, 0.5) is 0 Å². The van der Waals surface area contributed by atoms with Crippen LogP contribution in [0.2, 0.25) is 0 Å². The molecule has 2 fully saturated rings. The van der Waals surface area contributed by atoms with Gasteiger partial charge < -0.3 is 15.5 Å². The van der Waals surface area contributed by atoms with E-state index in [9.17, 15) is 4.79 Å². The lowest BCUT2D eigenvalue weighted by Crippen LogP contribution is -2.50. The molecule has 0 bridgehead atoms. The number of hydrogen-bond donors (Lipinski definition) is 1. The summed E-state index contributed by atoms with van der Waals surface area (Å²) < 4.78 is 0. The number of likely N-dealkylation sites (tertiary alicyclic amines) is 2. The summed E-state index contributed by atoms with van der Waals surface area (Å²) in [6, 6.07) is 0. The number of carbonyl (C=O) groups is 1. The topological polar surface area (TPSA) is 49.6 Å². The first-order chi connectivity index (χ1) is 8.47. The van der Waals surface area contributed by atoms with Crippen molar-refractivity contribution in [3.8, 4) is 0 Å². The first-order valence-corrected chi connectivity index (χ1v) is 7.27. The van der Waals surface area contributed by atoms with Crippen molar-refractivity contribution in [1.82, 2.24) is 9.80 Å². The van der Waals surface area contributed by atoms with Crippen molar-refractivity contribution in [3.05, 3.63) is 0 Å². The Morgan fingerprint density at radius 2 is 1.75 bits per heavy atom. The third kappa shape index (κ3) is 5.40. The number of rotatable bonds is 3. The molecule has 0 saturated carbocycles. The van der Waals surface area contributed by atoms with E-state index in [0.717, 1.165) is 26.1 Å². The number of amides is 1. The predicted octanol–water partition coefficient (Wildman–Crippen LogP) is 1.90. The molecule has 2 aliphatic rings. The first kappa shape index (κ1) is 20.0. The molecule has 0 aromatic heterocycles. The van der Waals surface area contributed by atoms with E-state index in [1.54, 1.807) is 13.8 Å². The summed E-state index contributed by atoms with van der Waals surface area (Å²) in [5, 5.41) is 0. The van der Waals surface area contributed by atoms with Crippen LogP contribution in [-0.4, -0.2) is 54.0 Å². The van der Waals surface area contributed by atoms with Crippen molar-refractivity contribution >= 4 is 30.7 Å². The van der Waals surface area contributed by atoms with Crippen LogP contribution in [0.1, 0.15) is 39.5 Å². The largest absolute Gasteiger partial charge is 0.341 e. The second kappa shape index (κ2) is 8.42. The minimum absolute atomic E-state index is 0. The summed E-state index contributed by atoms with van der Waals surface area (Å²) in [5.74, 6) is 0.748. The number of nitrogens with zero attached hydrogens (tertiary/aromatic N) is 2. The summed E-state index contributed by atoms with van der Waals surface area (Å²) in [6.07, 6.45) is 5.20. The van der Waals surface area contributed by atoms with Crippen LogP contribution in [0.3, 0.4) is 0 Å². The number of piperidine rings is 1. The highest BCUT2D eigenvalue weighted by molar-refractivity contribution is 5.86. The van der Waals surface area contributed by atoms with Gasteiger partial charge in [-0.05, 0) is 52.1 Å². The standard InChI is InChI=1S/C14H27N3O.2ClH/c1-14(2,15)13(18)17-9-6-12(11-17)10-16-7-4-3-5-8-16;;/h12H,3-11,15H2,1-2H3;2*1H. The lowest BCUT2D eigenvalue weighted by Gasteiger charge is -2.29. The molecule has 20 heavy (non-hydrogen) atoms. The Labute approximate surface area is 135 Å². The van der Waals surface area contributed by atoms with Gasteiger partial charge in [0.15, 0.2) is 0 Å². The van der Waals surface area contributed by atoms with E-state index in [4.69, 9.17) is 5.73 Å². The number of carbonyl (C=O) groups excluding carboxylic acids is 1. The van der Waals surface area contributed by atoms with E-state index < -0.39 is 5.54 Å². The summed E-state index contributed by atoms with van der Waals surface area (Å²) in [4.78, 5) is 16.6. The normalized spacial score (nSPS) is 23.9. The van der Waals surface area contributed by atoms with E-state index in [0.29, 0.717) is 5.92 Å². The molecule has 2 rings (SSSR count). The highest BCUT2D eigenvalue weighted by atomic mass is 35.5. The Kier molecular flexibility index (Phi) is 8.41. The molecule has 0 aromatic carbocycles. The molecule has 2 saturated heterocycles. The Morgan fingerprint density at radius 3 is 2.30 bits per heavy atom. The predicted molar refractivity (Wildman–Crippen MR) is 87.7 cm³/mol. The van der Waals surface area contributed by atoms with Crippen molar-refractivity contribution < 1.29 is 4.79 Å². The van der Waals surface area contributed by atoms with Gasteiger partial charge in [0, 0.05) is 19.6 Å². The molecule has 2 aliphatic heterocycles. The van der Waals surface area contributed by atoms with Gasteiger partial charge in [0.05, 0.1) is 5.54 Å². The Morgan fingerprint density at radius 1 is 1.15 bits per heavy atom. The first-order valence-electron chi connectivity index (χ1n) is 7.27.